The summed E-state index contributed by atoms with van der Waals surface area (Å²) in [7, 11) is 0. The Balaban J connectivity index is 1.59. The first kappa shape index (κ1) is 20.0. The van der Waals surface area contributed by atoms with Gasteiger partial charge in [0.05, 0.1) is 11.6 Å². The number of piperidine rings is 1. The van der Waals surface area contributed by atoms with E-state index in [1.165, 1.54) is 12.8 Å². The van der Waals surface area contributed by atoms with Gasteiger partial charge in [-0.1, -0.05) is 0 Å². The van der Waals surface area contributed by atoms with Crippen LogP contribution in [0.25, 0.3) is 0 Å². The fourth-order valence-corrected chi connectivity index (χ4v) is 4.32. The lowest BCUT2D eigenvalue weighted by molar-refractivity contribution is -0.137. The van der Waals surface area contributed by atoms with Crippen molar-refractivity contribution in [3.8, 4) is 11.8 Å². The van der Waals surface area contributed by atoms with E-state index in [0.717, 1.165) is 25.2 Å². The molecule has 1 saturated heterocycles. The molecule has 1 aromatic heterocycles. The molecule has 1 saturated carbocycles. The Hall–Kier alpha value is -2.29. The largest absolute Gasteiger partial charge is 0.424 e. The predicted molar refractivity (Wildman–Crippen MR) is 103 cm³/mol. The predicted octanol–water partition coefficient (Wildman–Crippen LogP) is 4.39. The van der Waals surface area contributed by atoms with E-state index in [4.69, 9.17) is 4.74 Å². The smallest absolute Gasteiger partial charge is 0.416 e. The molecule has 4 rings (SSSR count). The fourth-order valence-electron chi connectivity index (χ4n) is 4.32. The van der Waals surface area contributed by atoms with Crippen molar-refractivity contribution in [2.24, 2.45) is 11.8 Å². The lowest BCUT2D eigenvalue weighted by Gasteiger charge is -2.30. The topological polar surface area (TPSA) is 64.0 Å². The Labute approximate surface area is 167 Å². The average Bonchev–Trinajstić information content (AvgIpc) is 3.10. The molecule has 29 heavy (non-hydrogen) atoms. The average molecular weight is 409 g/mol. The quantitative estimate of drug-likeness (QED) is 0.767. The number of ether oxygens (including phenoxy) is 1. The summed E-state index contributed by atoms with van der Waals surface area (Å²) in [4.78, 5) is 4.46. The number of aromatic nitrogens is 3. The molecule has 0 amide bonds. The summed E-state index contributed by atoms with van der Waals surface area (Å²) >= 11 is 0. The molecule has 2 aliphatic rings. The summed E-state index contributed by atoms with van der Waals surface area (Å²) in [6.07, 6.45) is -2.09. The van der Waals surface area contributed by atoms with Gasteiger partial charge in [0, 0.05) is 6.04 Å². The number of alkyl halides is 3. The van der Waals surface area contributed by atoms with Gasteiger partial charge in [0.15, 0.2) is 0 Å². The second-order valence-corrected chi connectivity index (χ2v) is 8.32. The van der Waals surface area contributed by atoms with Crippen LogP contribution in [0.5, 0.6) is 11.8 Å². The molecular weight excluding hydrogens is 383 g/mol. The highest BCUT2D eigenvalue weighted by molar-refractivity contribution is 5.38. The third kappa shape index (κ3) is 4.19. The maximum absolute atomic E-state index is 13.1. The summed E-state index contributed by atoms with van der Waals surface area (Å²) in [5.74, 6) is 1.63. The molecule has 0 unspecified atom stereocenters. The van der Waals surface area contributed by atoms with Crippen LogP contribution in [0, 0.1) is 18.8 Å². The first-order valence-electron chi connectivity index (χ1n) is 10.0. The Morgan fingerprint density at radius 2 is 1.86 bits per heavy atom. The highest BCUT2D eigenvalue weighted by Crippen LogP contribution is 2.37. The van der Waals surface area contributed by atoms with E-state index in [9.17, 15) is 13.2 Å². The van der Waals surface area contributed by atoms with E-state index < -0.39 is 11.7 Å². The van der Waals surface area contributed by atoms with Crippen molar-refractivity contribution in [3.63, 3.8) is 0 Å². The van der Waals surface area contributed by atoms with Crippen LogP contribution in [0.3, 0.4) is 0 Å². The van der Waals surface area contributed by atoms with E-state index in [2.05, 4.69) is 20.7 Å². The van der Waals surface area contributed by atoms with Gasteiger partial charge in [-0.25, -0.2) is 4.68 Å². The van der Waals surface area contributed by atoms with Gasteiger partial charge >= 0.3 is 12.2 Å². The molecule has 3 atom stereocenters. The summed E-state index contributed by atoms with van der Waals surface area (Å²) < 4.78 is 46.8. The fraction of sp³-hybridized carbons (Fsp3) is 0.600. The van der Waals surface area contributed by atoms with Crippen molar-refractivity contribution >= 4 is 5.95 Å². The minimum absolute atomic E-state index is 0.0512. The first-order chi connectivity index (χ1) is 13.7. The number of halogens is 3. The molecule has 0 radical (unpaired) electrons. The van der Waals surface area contributed by atoms with Crippen LogP contribution in [0.2, 0.25) is 0 Å². The second-order valence-electron chi connectivity index (χ2n) is 8.32. The normalized spacial score (nSPS) is 24.2. The third-order valence-corrected chi connectivity index (χ3v) is 5.71. The lowest BCUT2D eigenvalue weighted by Crippen LogP contribution is -2.45. The third-order valence-electron chi connectivity index (χ3n) is 5.71. The summed E-state index contributed by atoms with van der Waals surface area (Å²) in [6, 6.07) is 4.09. The van der Waals surface area contributed by atoms with Crippen LogP contribution in [0.4, 0.5) is 19.1 Å². The Bertz CT molecular complexity index is 863. The molecule has 2 bridgehead atoms. The van der Waals surface area contributed by atoms with Gasteiger partial charge in [-0.05, 0) is 82.3 Å². The molecule has 1 aliphatic carbocycles. The van der Waals surface area contributed by atoms with Crippen LogP contribution < -0.4 is 15.4 Å². The van der Waals surface area contributed by atoms with Crippen molar-refractivity contribution in [1.82, 2.24) is 20.1 Å². The number of aryl methyl sites for hydroxylation is 1. The SMILES string of the molecule is Cc1cc(Oc2nc(N[C@@H]3[C@@H]4CC[C@H]3CNC4)nn2C(C)C)cc(C(F)(F)F)c1. The summed E-state index contributed by atoms with van der Waals surface area (Å²) in [6.45, 7) is 7.42. The zero-order valence-corrected chi connectivity index (χ0v) is 16.8. The molecule has 158 valence electrons. The lowest BCUT2D eigenvalue weighted by atomic mass is 9.94. The summed E-state index contributed by atoms with van der Waals surface area (Å²) in [5, 5.41) is 11.4. The first-order valence-corrected chi connectivity index (χ1v) is 10.0. The van der Waals surface area contributed by atoms with Gasteiger partial charge < -0.3 is 15.4 Å². The zero-order valence-electron chi connectivity index (χ0n) is 16.8. The molecule has 2 heterocycles. The highest BCUT2D eigenvalue weighted by Gasteiger charge is 2.39. The van der Waals surface area contributed by atoms with Crippen molar-refractivity contribution < 1.29 is 17.9 Å². The number of nitrogens with zero attached hydrogens (tertiary/aromatic N) is 3. The number of hydrogen-bond donors (Lipinski definition) is 2. The van der Waals surface area contributed by atoms with Crippen LogP contribution >= 0.6 is 0 Å². The van der Waals surface area contributed by atoms with Crippen molar-refractivity contribution in [1.29, 1.82) is 0 Å². The zero-order chi connectivity index (χ0) is 20.8. The van der Waals surface area contributed by atoms with Crippen LogP contribution in [0.1, 0.15) is 43.9 Å². The van der Waals surface area contributed by atoms with Crippen LogP contribution in [-0.4, -0.2) is 33.9 Å². The maximum atomic E-state index is 13.1. The Morgan fingerprint density at radius 3 is 2.48 bits per heavy atom. The van der Waals surface area contributed by atoms with E-state index >= 15 is 0 Å². The standard InChI is InChI=1S/C20H26F3N5O/c1-11(2)28-19(29-16-7-12(3)6-15(8-16)20(21,22)23)26-18(27-28)25-17-13-4-5-14(17)10-24-9-13/h6-8,11,13-14,17,24H,4-5,9-10H2,1-3H3,(H,25,27)/t13-,14+,17-. The van der Waals surface area contributed by atoms with E-state index in [1.54, 1.807) is 17.7 Å². The van der Waals surface area contributed by atoms with E-state index in [-0.39, 0.29) is 17.8 Å². The van der Waals surface area contributed by atoms with E-state index in [1.807, 2.05) is 13.8 Å². The molecule has 9 heteroatoms. The van der Waals surface area contributed by atoms with Gasteiger partial charge in [0.25, 0.3) is 0 Å². The minimum atomic E-state index is -4.43. The number of anilines is 1. The van der Waals surface area contributed by atoms with E-state index in [0.29, 0.717) is 29.4 Å². The number of fused-ring (bicyclic) bond motifs is 2. The number of hydrogen-bond acceptors (Lipinski definition) is 5. The molecular formula is C20H26F3N5O. The molecule has 2 aromatic rings. The van der Waals surface area contributed by atoms with Crippen molar-refractivity contribution in [3.05, 3.63) is 29.3 Å². The van der Waals surface area contributed by atoms with Gasteiger partial charge in [-0.2, -0.15) is 18.2 Å². The second kappa shape index (κ2) is 7.51. The minimum Gasteiger partial charge on any atom is -0.424 e. The molecule has 2 fully saturated rings. The number of rotatable bonds is 5. The van der Waals surface area contributed by atoms with Gasteiger partial charge in [0.2, 0.25) is 5.95 Å². The Kier molecular flexibility index (Phi) is 5.18. The van der Waals surface area contributed by atoms with Crippen molar-refractivity contribution in [2.75, 3.05) is 18.4 Å². The molecule has 0 spiro atoms. The van der Waals surface area contributed by atoms with Crippen LogP contribution in [-0.2, 0) is 6.18 Å². The molecule has 1 aliphatic heterocycles. The summed E-state index contributed by atoms with van der Waals surface area (Å²) in [5.41, 5.74) is -0.275. The van der Waals surface area contributed by atoms with Gasteiger partial charge in [-0.15, -0.1) is 5.10 Å². The number of nitrogens with one attached hydrogen (secondary N) is 2. The molecule has 6 nitrogen and oxygen atoms in total. The molecule has 2 N–H and O–H groups in total. The Morgan fingerprint density at radius 1 is 1.17 bits per heavy atom. The highest BCUT2D eigenvalue weighted by atomic mass is 19.4. The number of benzene rings is 1. The maximum Gasteiger partial charge on any atom is 0.416 e. The van der Waals surface area contributed by atoms with Crippen LogP contribution in [0.15, 0.2) is 18.2 Å². The van der Waals surface area contributed by atoms with Crippen molar-refractivity contribution in [2.45, 2.75) is 51.9 Å². The van der Waals surface area contributed by atoms with Gasteiger partial charge in [0.1, 0.15) is 5.75 Å². The monoisotopic (exact) mass is 409 g/mol. The molecule has 1 aromatic carbocycles. The van der Waals surface area contributed by atoms with Gasteiger partial charge in [-0.3, -0.25) is 0 Å².